The number of carbonyl (C=O) groups excluding carboxylic acids is 1. The number of aliphatic carboxylic acids is 1. The van der Waals surface area contributed by atoms with Crippen LogP contribution in [0.15, 0.2) is 30.5 Å². The van der Waals surface area contributed by atoms with E-state index in [1.54, 1.807) is 0 Å². The van der Waals surface area contributed by atoms with E-state index in [0.29, 0.717) is 25.1 Å². The van der Waals surface area contributed by atoms with Gasteiger partial charge in [0.15, 0.2) is 5.69 Å². The Bertz CT molecular complexity index is 729. The number of halogens is 1. The molecule has 1 N–H and O–H groups in total. The second-order valence-electron chi connectivity index (χ2n) is 5.42. The zero-order valence-electron chi connectivity index (χ0n) is 12.2. The Balaban J connectivity index is 1.75. The van der Waals surface area contributed by atoms with Crippen molar-refractivity contribution in [1.29, 1.82) is 0 Å². The third-order valence-electron chi connectivity index (χ3n) is 3.83. The molecule has 1 saturated heterocycles. The van der Waals surface area contributed by atoms with Gasteiger partial charge in [-0.05, 0) is 37.1 Å². The van der Waals surface area contributed by atoms with E-state index in [0.717, 1.165) is 0 Å². The van der Waals surface area contributed by atoms with Gasteiger partial charge in [-0.2, -0.15) is 9.90 Å². The summed E-state index contributed by atoms with van der Waals surface area (Å²) in [6, 6.07) is 5.57. The van der Waals surface area contributed by atoms with E-state index >= 15 is 0 Å². The highest BCUT2D eigenvalue weighted by Crippen LogP contribution is 2.18. The number of hydrogen-bond acceptors (Lipinski definition) is 4. The first-order chi connectivity index (χ1) is 11.0. The first kappa shape index (κ1) is 15.1. The zero-order chi connectivity index (χ0) is 16.4. The van der Waals surface area contributed by atoms with Crippen molar-refractivity contribution in [2.45, 2.75) is 12.8 Å². The van der Waals surface area contributed by atoms with Gasteiger partial charge in [0.05, 0.1) is 17.8 Å². The third-order valence-corrected chi connectivity index (χ3v) is 3.83. The molecule has 0 spiro atoms. The van der Waals surface area contributed by atoms with E-state index in [-0.39, 0.29) is 24.0 Å². The largest absolute Gasteiger partial charge is 0.481 e. The van der Waals surface area contributed by atoms with Crippen molar-refractivity contribution in [2.75, 3.05) is 13.1 Å². The van der Waals surface area contributed by atoms with E-state index in [9.17, 15) is 14.0 Å². The molecule has 3 rings (SSSR count). The van der Waals surface area contributed by atoms with Crippen LogP contribution in [0.1, 0.15) is 23.3 Å². The number of carboxylic acid groups (broad SMARTS) is 1. The normalized spacial score (nSPS) is 18.0. The predicted molar refractivity (Wildman–Crippen MR) is 77.6 cm³/mol. The third kappa shape index (κ3) is 3.20. The number of rotatable bonds is 3. The number of aromatic nitrogens is 3. The first-order valence-corrected chi connectivity index (χ1v) is 7.25. The molecule has 23 heavy (non-hydrogen) atoms. The number of piperidine rings is 1. The highest BCUT2D eigenvalue weighted by Gasteiger charge is 2.29. The fraction of sp³-hybridized carbons (Fsp3) is 0.333. The van der Waals surface area contributed by atoms with E-state index in [4.69, 9.17) is 5.11 Å². The van der Waals surface area contributed by atoms with Crippen LogP contribution in [0, 0.1) is 11.7 Å². The number of hydrogen-bond donors (Lipinski definition) is 1. The lowest BCUT2D eigenvalue weighted by molar-refractivity contribution is -0.143. The summed E-state index contributed by atoms with van der Waals surface area (Å²) < 4.78 is 12.9. The first-order valence-electron chi connectivity index (χ1n) is 7.25. The second kappa shape index (κ2) is 6.15. The number of nitrogens with zero attached hydrogens (tertiary/aromatic N) is 4. The van der Waals surface area contributed by atoms with Gasteiger partial charge >= 0.3 is 5.97 Å². The lowest BCUT2D eigenvalue weighted by atomic mass is 9.98. The molecule has 0 bridgehead atoms. The molecular weight excluding hydrogens is 303 g/mol. The van der Waals surface area contributed by atoms with Gasteiger partial charge in [0.2, 0.25) is 0 Å². The van der Waals surface area contributed by atoms with E-state index in [1.165, 1.54) is 40.2 Å². The van der Waals surface area contributed by atoms with Gasteiger partial charge in [0.1, 0.15) is 5.82 Å². The Hall–Kier alpha value is -2.77. The Labute approximate surface area is 131 Å². The van der Waals surface area contributed by atoms with Gasteiger partial charge in [0.25, 0.3) is 5.91 Å². The number of amides is 1. The number of carbonyl (C=O) groups is 2. The molecule has 1 aromatic heterocycles. The van der Waals surface area contributed by atoms with Crippen molar-refractivity contribution in [1.82, 2.24) is 19.9 Å². The van der Waals surface area contributed by atoms with Crippen LogP contribution in [0.25, 0.3) is 5.69 Å². The molecule has 0 saturated carbocycles. The Morgan fingerprint density at radius 2 is 2.00 bits per heavy atom. The molecule has 2 heterocycles. The summed E-state index contributed by atoms with van der Waals surface area (Å²) in [5.41, 5.74) is 0.674. The summed E-state index contributed by atoms with van der Waals surface area (Å²) >= 11 is 0. The highest BCUT2D eigenvalue weighted by molar-refractivity contribution is 5.92. The topological polar surface area (TPSA) is 88.3 Å². The van der Waals surface area contributed by atoms with Gasteiger partial charge in [-0.3, -0.25) is 9.59 Å². The Morgan fingerprint density at radius 1 is 1.26 bits per heavy atom. The van der Waals surface area contributed by atoms with Crippen LogP contribution in [0.2, 0.25) is 0 Å². The summed E-state index contributed by atoms with van der Waals surface area (Å²) in [4.78, 5) is 26.2. The van der Waals surface area contributed by atoms with Crippen LogP contribution < -0.4 is 0 Å². The SMILES string of the molecule is O=C(O)[C@H]1CCCN(C(=O)c2cnn(-c3ccc(F)cc3)n2)C1. The zero-order valence-corrected chi connectivity index (χ0v) is 12.2. The molecule has 7 nitrogen and oxygen atoms in total. The van der Waals surface area contributed by atoms with Crippen LogP contribution in [0.4, 0.5) is 4.39 Å². The number of likely N-dealkylation sites (tertiary alicyclic amines) is 1. The molecule has 2 aromatic rings. The fourth-order valence-corrected chi connectivity index (χ4v) is 2.59. The average molecular weight is 318 g/mol. The maximum absolute atomic E-state index is 12.9. The maximum Gasteiger partial charge on any atom is 0.308 e. The van der Waals surface area contributed by atoms with Crippen molar-refractivity contribution >= 4 is 11.9 Å². The average Bonchev–Trinajstić information content (AvgIpc) is 3.05. The molecule has 1 aliphatic heterocycles. The lowest BCUT2D eigenvalue weighted by Crippen LogP contribution is -2.42. The highest BCUT2D eigenvalue weighted by atomic mass is 19.1. The monoisotopic (exact) mass is 318 g/mol. The maximum atomic E-state index is 12.9. The number of benzene rings is 1. The van der Waals surface area contributed by atoms with Crippen molar-refractivity contribution in [3.8, 4) is 5.69 Å². The van der Waals surface area contributed by atoms with Crippen molar-refractivity contribution in [3.63, 3.8) is 0 Å². The van der Waals surface area contributed by atoms with Crippen LogP contribution >= 0.6 is 0 Å². The van der Waals surface area contributed by atoms with Crippen LogP contribution in [-0.2, 0) is 4.79 Å². The molecule has 0 unspecified atom stereocenters. The quantitative estimate of drug-likeness (QED) is 0.922. The Kier molecular flexibility index (Phi) is 4.05. The second-order valence-corrected chi connectivity index (χ2v) is 5.42. The summed E-state index contributed by atoms with van der Waals surface area (Å²) in [5.74, 6) is -2.15. The lowest BCUT2D eigenvalue weighted by Gasteiger charge is -2.29. The molecule has 1 amide bonds. The molecule has 8 heteroatoms. The molecule has 1 aliphatic rings. The van der Waals surface area contributed by atoms with Gasteiger partial charge in [-0.15, -0.1) is 5.10 Å². The van der Waals surface area contributed by atoms with Gasteiger partial charge in [-0.1, -0.05) is 0 Å². The summed E-state index contributed by atoms with van der Waals surface area (Å²) in [6.07, 6.45) is 2.55. The number of carboxylic acids is 1. The van der Waals surface area contributed by atoms with Crippen LogP contribution in [0.5, 0.6) is 0 Å². The van der Waals surface area contributed by atoms with Crippen molar-refractivity contribution in [2.24, 2.45) is 5.92 Å². The molecule has 120 valence electrons. The van der Waals surface area contributed by atoms with Crippen molar-refractivity contribution in [3.05, 3.63) is 42.0 Å². The van der Waals surface area contributed by atoms with Crippen LogP contribution in [0.3, 0.4) is 0 Å². The van der Waals surface area contributed by atoms with Gasteiger partial charge in [-0.25, -0.2) is 4.39 Å². The minimum Gasteiger partial charge on any atom is -0.481 e. The minimum absolute atomic E-state index is 0.139. The Morgan fingerprint density at radius 3 is 2.70 bits per heavy atom. The summed E-state index contributed by atoms with van der Waals surface area (Å²) in [7, 11) is 0. The standard InChI is InChI=1S/C15H15FN4O3/c16-11-3-5-12(6-4-11)20-17-8-13(18-20)14(21)19-7-1-2-10(9-19)15(22)23/h3-6,8,10H,1-2,7,9H2,(H,22,23)/t10-/m0/s1. The molecule has 1 atom stereocenters. The molecular formula is C15H15FN4O3. The van der Waals surface area contributed by atoms with Gasteiger partial charge < -0.3 is 10.0 Å². The van der Waals surface area contributed by atoms with Gasteiger partial charge in [0, 0.05) is 13.1 Å². The van der Waals surface area contributed by atoms with E-state index < -0.39 is 11.9 Å². The summed E-state index contributed by atoms with van der Waals surface area (Å²) in [6.45, 7) is 0.684. The van der Waals surface area contributed by atoms with E-state index in [1.807, 2.05) is 0 Å². The summed E-state index contributed by atoms with van der Waals surface area (Å²) in [5, 5.41) is 17.2. The fourth-order valence-electron chi connectivity index (χ4n) is 2.59. The van der Waals surface area contributed by atoms with Crippen molar-refractivity contribution < 1.29 is 19.1 Å². The van der Waals surface area contributed by atoms with Crippen LogP contribution in [-0.4, -0.2) is 50.0 Å². The van der Waals surface area contributed by atoms with E-state index in [2.05, 4.69) is 10.2 Å². The molecule has 0 aliphatic carbocycles. The molecule has 0 radical (unpaired) electrons. The smallest absolute Gasteiger partial charge is 0.308 e. The minimum atomic E-state index is -0.891. The molecule has 1 fully saturated rings. The molecule has 1 aromatic carbocycles. The predicted octanol–water partition coefficient (Wildman–Crippen LogP) is 1.34.